The third-order valence-electron chi connectivity index (χ3n) is 8.94. The van der Waals surface area contributed by atoms with Crippen molar-refractivity contribution >= 4 is 21.9 Å². The molecule has 0 aliphatic heterocycles. The zero-order valence-electron chi connectivity index (χ0n) is 26.5. The Balaban J connectivity index is 1.17. The minimum atomic E-state index is 0.618. The first kappa shape index (κ1) is 28.6. The van der Waals surface area contributed by atoms with E-state index >= 15 is 0 Å². The van der Waals surface area contributed by atoms with Gasteiger partial charge in [-0.25, -0.2) is 15.0 Å². The first-order chi connectivity index (χ1) is 24.3. The molecule has 2 aromatic heterocycles. The Morgan fingerprint density at radius 2 is 0.653 bits per heavy atom. The van der Waals surface area contributed by atoms with Gasteiger partial charge in [0.15, 0.2) is 17.5 Å². The molecule has 4 nitrogen and oxygen atoms in total. The van der Waals surface area contributed by atoms with Crippen LogP contribution in [0.4, 0.5) is 0 Å². The van der Waals surface area contributed by atoms with E-state index in [1.807, 2.05) is 66.7 Å². The molecule has 0 fully saturated rings. The normalized spacial score (nSPS) is 11.3. The van der Waals surface area contributed by atoms with Crippen molar-refractivity contribution in [3.05, 3.63) is 176 Å². The molecule has 0 radical (unpaired) electrons. The third kappa shape index (κ3) is 5.35. The minimum Gasteiger partial charge on any atom is -0.455 e. The van der Waals surface area contributed by atoms with Gasteiger partial charge in [0.2, 0.25) is 0 Å². The maximum Gasteiger partial charge on any atom is 0.164 e. The maximum atomic E-state index is 6.83. The second-order valence-electron chi connectivity index (χ2n) is 12.0. The molecule has 0 saturated heterocycles. The summed E-state index contributed by atoms with van der Waals surface area (Å²) >= 11 is 0. The Bertz CT molecular complexity index is 2540. The van der Waals surface area contributed by atoms with Crippen LogP contribution in [0.2, 0.25) is 0 Å². The zero-order valence-corrected chi connectivity index (χ0v) is 26.5. The van der Waals surface area contributed by atoms with E-state index in [-0.39, 0.29) is 0 Å². The van der Waals surface area contributed by atoms with Gasteiger partial charge in [0.1, 0.15) is 11.2 Å². The second kappa shape index (κ2) is 12.2. The molecule has 0 spiro atoms. The molecular weight excluding hydrogens is 599 g/mol. The van der Waals surface area contributed by atoms with Crippen molar-refractivity contribution in [1.29, 1.82) is 0 Å². The van der Waals surface area contributed by atoms with Crippen LogP contribution in [0.15, 0.2) is 180 Å². The first-order valence-corrected chi connectivity index (χ1v) is 16.4. The summed E-state index contributed by atoms with van der Waals surface area (Å²) in [6, 6.07) is 60.4. The summed E-state index contributed by atoms with van der Waals surface area (Å²) < 4.78 is 6.83. The summed E-state index contributed by atoms with van der Waals surface area (Å²) in [6.45, 7) is 0. The summed E-state index contributed by atoms with van der Waals surface area (Å²) in [6.07, 6.45) is 0. The molecule has 0 saturated carbocycles. The fraction of sp³-hybridized carbons (Fsp3) is 0. The van der Waals surface area contributed by atoms with Crippen molar-refractivity contribution in [1.82, 2.24) is 15.0 Å². The van der Waals surface area contributed by atoms with Crippen LogP contribution in [0, 0.1) is 0 Å². The number of furan rings is 1. The van der Waals surface area contributed by atoms with E-state index in [1.54, 1.807) is 0 Å². The first-order valence-electron chi connectivity index (χ1n) is 16.4. The quantitative estimate of drug-likeness (QED) is 0.184. The third-order valence-corrected chi connectivity index (χ3v) is 8.94. The van der Waals surface area contributed by atoms with Crippen LogP contribution in [-0.2, 0) is 0 Å². The summed E-state index contributed by atoms with van der Waals surface area (Å²) in [4.78, 5) is 14.8. The van der Waals surface area contributed by atoms with E-state index in [4.69, 9.17) is 19.4 Å². The van der Waals surface area contributed by atoms with Crippen molar-refractivity contribution in [2.75, 3.05) is 0 Å². The molecule has 0 N–H and O–H groups in total. The van der Waals surface area contributed by atoms with Crippen LogP contribution < -0.4 is 0 Å². The van der Waals surface area contributed by atoms with E-state index in [2.05, 4.69) is 109 Å². The van der Waals surface area contributed by atoms with Crippen molar-refractivity contribution in [3.8, 4) is 67.5 Å². The van der Waals surface area contributed by atoms with E-state index < -0.39 is 0 Å². The Morgan fingerprint density at radius 3 is 1.16 bits per heavy atom. The van der Waals surface area contributed by atoms with E-state index in [0.717, 1.165) is 60.9 Å². The number of aromatic nitrogens is 3. The second-order valence-corrected chi connectivity index (χ2v) is 12.0. The molecule has 0 aliphatic carbocycles. The Morgan fingerprint density at radius 1 is 0.286 bits per heavy atom. The largest absolute Gasteiger partial charge is 0.455 e. The summed E-state index contributed by atoms with van der Waals surface area (Å²) in [5.41, 5.74) is 11.1. The number of rotatable bonds is 6. The highest BCUT2D eigenvalue weighted by atomic mass is 16.3. The van der Waals surface area contributed by atoms with Crippen molar-refractivity contribution in [2.45, 2.75) is 0 Å². The number of hydrogen-bond acceptors (Lipinski definition) is 4. The minimum absolute atomic E-state index is 0.618. The maximum absolute atomic E-state index is 6.83. The molecule has 0 aliphatic rings. The van der Waals surface area contributed by atoms with E-state index in [0.29, 0.717) is 17.5 Å². The molecule has 7 aromatic carbocycles. The lowest BCUT2D eigenvalue weighted by Crippen LogP contribution is -2.00. The van der Waals surface area contributed by atoms with Gasteiger partial charge in [0.05, 0.1) is 0 Å². The molecule has 230 valence electrons. The fourth-order valence-electron chi connectivity index (χ4n) is 6.54. The van der Waals surface area contributed by atoms with Gasteiger partial charge < -0.3 is 4.42 Å². The lowest BCUT2D eigenvalue weighted by Gasteiger charge is -2.10. The molecular formula is C45H29N3O. The van der Waals surface area contributed by atoms with Gasteiger partial charge in [-0.05, 0) is 34.4 Å². The molecule has 0 unspecified atom stereocenters. The van der Waals surface area contributed by atoms with Gasteiger partial charge in [-0.3, -0.25) is 0 Å². The van der Waals surface area contributed by atoms with Gasteiger partial charge in [-0.2, -0.15) is 0 Å². The standard InChI is InChI=1S/C45H29N3O/c1-4-14-30(15-5-1)33-20-10-21-34(28-33)37-24-12-26-39-40-27-13-25-38(42(40)49-41(37)39)35-22-11-23-36(29-35)45-47-43(31-16-6-2-7-17-31)46-44(48-45)32-18-8-3-9-19-32/h1-29H. The van der Waals surface area contributed by atoms with Crippen LogP contribution in [0.5, 0.6) is 0 Å². The van der Waals surface area contributed by atoms with Gasteiger partial charge in [0, 0.05) is 38.6 Å². The lowest BCUT2D eigenvalue weighted by molar-refractivity contribution is 0.671. The molecule has 9 rings (SSSR count). The number of fused-ring (bicyclic) bond motifs is 3. The molecule has 4 heteroatoms. The highest BCUT2D eigenvalue weighted by Crippen LogP contribution is 2.41. The number of benzene rings is 7. The smallest absolute Gasteiger partial charge is 0.164 e. The summed E-state index contributed by atoms with van der Waals surface area (Å²) in [5.74, 6) is 1.89. The van der Waals surface area contributed by atoms with E-state index in [9.17, 15) is 0 Å². The monoisotopic (exact) mass is 627 g/mol. The van der Waals surface area contributed by atoms with Gasteiger partial charge in [-0.15, -0.1) is 0 Å². The van der Waals surface area contributed by atoms with Crippen LogP contribution >= 0.6 is 0 Å². The average Bonchev–Trinajstić information content (AvgIpc) is 3.58. The van der Waals surface area contributed by atoms with Crippen LogP contribution in [-0.4, -0.2) is 15.0 Å². The molecule has 9 aromatic rings. The zero-order chi connectivity index (χ0) is 32.6. The molecule has 49 heavy (non-hydrogen) atoms. The molecule has 0 bridgehead atoms. The van der Waals surface area contributed by atoms with Gasteiger partial charge >= 0.3 is 0 Å². The average molecular weight is 628 g/mol. The summed E-state index contributed by atoms with van der Waals surface area (Å²) in [7, 11) is 0. The fourth-order valence-corrected chi connectivity index (χ4v) is 6.54. The van der Waals surface area contributed by atoms with E-state index in [1.165, 1.54) is 11.1 Å². The highest BCUT2D eigenvalue weighted by Gasteiger charge is 2.17. The van der Waals surface area contributed by atoms with Crippen LogP contribution in [0.3, 0.4) is 0 Å². The van der Waals surface area contributed by atoms with Crippen molar-refractivity contribution in [3.63, 3.8) is 0 Å². The lowest BCUT2D eigenvalue weighted by atomic mass is 9.97. The van der Waals surface area contributed by atoms with Crippen LogP contribution in [0.25, 0.3) is 89.5 Å². The topological polar surface area (TPSA) is 51.8 Å². The Kier molecular flexibility index (Phi) is 7.10. The number of nitrogens with zero attached hydrogens (tertiary/aromatic N) is 3. The Hall–Kier alpha value is -6.65. The predicted molar refractivity (Wildman–Crippen MR) is 200 cm³/mol. The number of hydrogen-bond donors (Lipinski definition) is 0. The van der Waals surface area contributed by atoms with Gasteiger partial charge in [-0.1, -0.05) is 164 Å². The molecule has 0 amide bonds. The highest BCUT2D eigenvalue weighted by molar-refractivity contribution is 6.13. The number of para-hydroxylation sites is 2. The molecule has 2 heterocycles. The molecule has 0 atom stereocenters. The SMILES string of the molecule is c1ccc(-c2cccc(-c3cccc4c3oc3c(-c5cccc(-c6nc(-c7ccccc7)nc(-c7ccccc7)n6)c5)cccc34)c2)cc1. The van der Waals surface area contributed by atoms with Crippen molar-refractivity contribution < 1.29 is 4.42 Å². The van der Waals surface area contributed by atoms with Crippen LogP contribution in [0.1, 0.15) is 0 Å². The Labute approximate surface area is 284 Å². The predicted octanol–water partition coefficient (Wildman–Crippen LogP) is 11.8. The van der Waals surface area contributed by atoms with Crippen molar-refractivity contribution in [2.24, 2.45) is 0 Å². The van der Waals surface area contributed by atoms with Gasteiger partial charge in [0.25, 0.3) is 0 Å². The summed E-state index contributed by atoms with van der Waals surface area (Å²) in [5, 5.41) is 2.17.